The number of hydrogen-bond donors (Lipinski definition) is 1. The van der Waals surface area contributed by atoms with Gasteiger partial charge in [-0.1, -0.05) is 26.1 Å². The van der Waals surface area contributed by atoms with E-state index in [0.29, 0.717) is 0 Å². The normalized spacial score (nSPS) is 12.0. The van der Waals surface area contributed by atoms with Gasteiger partial charge in [-0.25, -0.2) is 0 Å². The van der Waals surface area contributed by atoms with E-state index in [1.54, 1.807) is 0 Å². The van der Waals surface area contributed by atoms with Crippen LogP contribution < -0.4 is 0 Å². The van der Waals surface area contributed by atoms with Gasteiger partial charge in [0.25, 0.3) is 0 Å². The maximum absolute atomic E-state index is 4.24. The van der Waals surface area contributed by atoms with Crippen molar-refractivity contribution >= 4 is 20.7 Å². The van der Waals surface area contributed by atoms with E-state index in [-0.39, 0.29) is 0 Å². The van der Waals surface area contributed by atoms with Crippen LogP contribution in [0.1, 0.15) is 6.92 Å². The van der Waals surface area contributed by atoms with Gasteiger partial charge < -0.3 is 0 Å². The molecular formula is C5H14SSi. The van der Waals surface area contributed by atoms with Crippen molar-refractivity contribution in [2.45, 2.75) is 26.1 Å². The predicted octanol–water partition coefficient (Wildman–Crippen LogP) is 2.18. The average molecular weight is 134 g/mol. The highest BCUT2D eigenvalue weighted by atomic mass is 32.1. The standard InChI is InChI=1S/C5H14SSi/c1-4-7(2,3)5-6/h6H,4-5H2,1-3H3. The summed E-state index contributed by atoms with van der Waals surface area (Å²) in [6, 6.07) is 1.36. The van der Waals surface area contributed by atoms with Gasteiger partial charge in [0.05, 0.1) is 8.07 Å². The minimum atomic E-state index is -0.787. The number of hydrogen-bond acceptors (Lipinski definition) is 1. The smallest absolute Gasteiger partial charge is 0.0572 e. The van der Waals surface area contributed by atoms with Crippen molar-refractivity contribution in [3.8, 4) is 0 Å². The second-order valence-electron chi connectivity index (χ2n) is 2.68. The summed E-state index contributed by atoms with van der Waals surface area (Å²) in [5.74, 6) is 0. The van der Waals surface area contributed by atoms with E-state index in [4.69, 9.17) is 0 Å². The summed E-state index contributed by atoms with van der Waals surface area (Å²) < 4.78 is 0. The van der Waals surface area contributed by atoms with Crippen molar-refractivity contribution in [1.82, 2.24) is 0 Å². The van der Waals surface area contributed by atoms with Crippen LogP contribution in [0.25, 0.3) is 0 Å². The van der Waals surface area contributed by atoms with Crippen LogP contribution in [0.15, 0.2) is 0 Å². The zero-order chi connectivity index (χ0) is 5.91. The molecule has 0 saturated carbocycles. The molecule has 0 saturated heterocycles. The molecule has 0 heterocycles. The summed E-state index contributed by atoms with van der Waals surface area (Å²) >= 11 is 4.24. The fourth-order valence-corrected chi connectivity index (χ4v) is 1.01. The predicted molar refractivity (Wildman–Crippen MR) is 41.8 cm³/mol. The minimum absolute atomic E-state index is 0.787. The lowest BCUT2D eigenvalue weighted by molar-refractivity contribution is 1.35. The quantitative estimate of drug-likeness (QED) is 0.434. The second-order valence-corrected chi connectivity index (χ2v) is 8.98. The maximum atomic E-state index is 4.24. The molecular weight excluding hydrogens is 120 g/mol. The Balaban J connectivity index is 3.36. The molecule has 0 fully saturated rings. The van der Waals surface area contributed by atoms with Crippen molar-refractivity contribution in [3.63, 3.8) is 0 Å². The van der Waals surface area contributed by atoms with Crippen LogP contribution >= 0.6 is 12.6 Å². The van der Waals surface area contributed by atoms with Gasteiger partial charge >= 0.3 is 0 Å². The Morgan fingerprint density at radius 1 is 1.43 bits per heavy atom. The molecule has 0 aliphatic carbocycles. The van der Waals surface area contributed by atoms with Crippen LogP contribution in [0, 0.1) is 0 Å². The highest BCUT2D eigenvalue weighted by Gasteiger charge is 2.13. The zero-order valence-electron chi connectivity index (χ0n) is 5.36. The lowest BCUT2D eigenvalue weighted by Gasteiger charge is -2.14. The molecule has 0 atom stereocenters. The maximum Gasteiger partial charge on any atom is 0.0572 e. The van der Waals surface area contributed by atoms with Crippen LogP contribution in [0.2, 0.25) is 19.1 Å². The topological polar surface area (TPSA) is 0 Å². The Hall–Kier alpha value is 0.567. The lowest BCUT2D eigenvalue weighted by atomic mass is 11.0. The SMILES string of the molecule is CC[Si](C)(C)CS. The molecule has 0 aliphatic heterocycles. The van der Waals surface area contributed by atoms with Crippen molar-refractivity contribution in [2.24, 2.45) is 0 Å². The monoisotopic (exact) mass is 134 g/mol. The Kier molecular flexibility index (Phi) is 3.00. The van der Waals surface area contributed by atoms with Crippen LogP contribution in [0.5, 0.6) is 0 Å². The van der Waals surface area contributed by atoms with Crippen molar-refractivity contribution in [1.29, 1.82) is 0 Å². The summed E-state index contributed by atoms with van der Waals surface area (Å²) in [5, 5.41) is 1.13. The first-order valence-electron chi connectivity index (χ1n) is 2.73. The summed E-state index contributed by atoms with van der Waals surface area (Å²) in [4.78, 5) is 0. The molecule has 0 aromatic rings. The summed E-state index contributed by atoms with van der Waals surface area (Å²) in [6.45, 7) is 6.97. The van der Waals surface area contributed by atoms with Gasteiger partial charge in [-0.3, -0.25) is 0 Å². The van der Waals surface area contributed by atoms with Gasteiger partial charge in [-0.2, -0.15) is 12.6 Å². The molecule has 0 aromatic heterocycles. The van der Waals surface area contributed by atoms with E-state index < -0.39 is 8.07 Å². The van der Waals surface area contributed by atoms with Gasteiger partial charge in [0.15, 0.2) is 0 Å². The molecule has 44 valence electrons. The third kappa shape index (κ3) is 3.18. The summed E-state index contributed by atoms with van der Waals surface area (Å²) in [7, 11) is -0.787. The van der Waals surface area contributed by atoms with E-state index in [2.05, 4.69) is 32.6 Å². The largest absolute Gasteiger partial charge is 0.182 e. The third-order valence-corrected chi connectivity index (χ3v) is 6.72. The number of thiol groups is 1. The van der Waals surface area contributed by atoms with Crippen LogP contribution in [-0.4, -0.2) is 13.5 Å². The lowest BCUT2D eigenvalue weighted by Crippen LogP contribution is -2.26. The van der Waals surface area contributed by atoms with Crippen LogP contribution in [0.4, 0.5) is 0 Å². The molecule has 0 nitrogen and oxygen atoms in total. The van der Waals surface area contributed by atoms with E-state index in [9.17, 15) is 0 Å². The molecule has 0 aromatic carbocycles. The van der Waals surface area contributed by atoms with E-state index in [1.807, 2.05) is 0 Å². The van der Waals surface area contributed by atoms with Gasteiger partial charge in [-0.15, -0.1) is 0 Å². The van der Waals surface area contributed by atoms with Crippen LogP contribution in [-0.2, 0) is 0 Å². The van der Waals surface area contributed by atoms with E-state index in [0.717, 1.165) is 5.38 Å². The summed E-state index contributed by atoms with van der Waals surface area (Å²) in [5.41, 5.74) is 0. The highest BCUT2D eigenvalue weighted by Crippen LogP contribution is 2.08. The van der Waals surface area contributed by atoms with Crippen LogP contribution in [0.3, 0.4) is 0 Å². The first-order chi connectivity index (χ1) is 3.12. The Morgan fingerprint density at radius 3 is 1.86 bits per heavy atom. The van der Waals surface area contributed by atoms with Gasteiger partial charge in [0, 0.05) is 0 Å². The fourth-order valence-electron chi connectivity index (χ4n) is 0.112. The molecule has 2 heteroatoms. The van der Waals surface area contributed by atoms with Gasteiger partial charge in [-0.05, 0) is 5.38 Å². The highest BCUT2D eigenvalue weighted by molar-refractivity contribution is 7.82. The molecule has 7 heavy (non-hydrogen) atoms. The average Bonchev–Trinajstić information content (AvgIpc) is 1.68. The van der Waals surface area contributed by atoms with Crippen molar-refractivity contribution < 1.29 is 0 Å². The minimum Gasteiger partial charge on any atom is -0.182 e. The molecule has 0 N–H and O–H groups in total. The third-order valence-electron chi connectivity index (χ3n) is 1.39. The van der Waals surface area contributed by atoms with Crippen molar-refractivity contribution in [3.05, 3.63) is 0 Å². The molecule has 0 spiro atoms. The first kappa shape index (κ1) is 7.57. The Bertz CT molecular complexity index is 46.0. The molecule has 0 aliphatic rings. The zero-order valence-corrected chi connectivity index (χ0v) is 7.26. The van der Waals surface area contributed by atoms with E-state index >= 15 is 0 Å². The summed E-state index contributed by atoms with van der Waals surface area (Å²) in [6.07, 6.45) is 0. The number of rotatable bonds is 2. The van der Waals surface area contributed by atoms with E-state index in [1.165, 1.54) is 6.04 Å². The molecule has 0 radical (unpaired) electrons. The van der Waals surface area contributed by atoms with Crippen molar-refractivity contribution in [2.75, 3.05) is 5.38 Å². The Morgan fingerprint density at radius 2 is 1.86 bits per heavy atom. The second kappa shape index (κ2) is 2.77. The van der Waals surface area contributed by atoms with Gasteiger partial charge in [0.2, 0.25) is 0 Å². The molecule has 0 unspecified atom stereocenters. The molecule has 0 amide bonds. The molecule has 0 bridgehead atoms. The molecule has 0 rings (SSSR count). The Labute approximate surface area is 52.7 Å². The fraction of sp³-hybridized carbons (Fsp3) is 1.00. The first-order valence-corrected chi connectivity index (χ1v) is 6.78. The van der Waals surface area contributed by atoms with Gasteiger partial charge in [0.1, 0.15) is 0 Å².